The van der Waals surface area contributed by atoms with Crippen molar-refractivity contribution in [1.82, 2.24) is 0 Å². The lowest BCUT2D eigenvalue weighted by atomic mass is 9.87. The first-order valence-corrected chi connectivity index (χ1v) is 6.55. The van der Waals surface area contributed by atoms with Gasteiger partial charge in [-0.1, -0.05) is 26.8 Å². The van der Waals surface area contributed by atoms with Crippen molar-refractivity contribution in [2.75, 3.05) is 19.0 Å². The van der Waals surface area contributed by atoms with Crippen LogP contribution in [-0.4, -0.2) is 19.2 Å². The Balaban J connectivity index is 2.19. The Morgan fingerprint density at radius 3 is 2.50 bits per heavy atom. The Bertz CT molecular complexity index is 431. The summed E-state index contributed by atoms with van der Waals surface area (Å²) in [5.74, 6) is 0.882. The molecule has 18 heavy (non-hydrogen) atoms. The summed E-state index contributed by atoms with van der Waals surface area (Å²) < 4.78 is 5.40. The van der Waals surface area contributed by atoms with Crippen LogP contribution in [0.1, 0.15) is 39.2 Å². The molecular formula is C15H24N2O. The molecule has 1 aromatic rings. The minimum atomic E-state index is 0.00273. The van der Waals surface area contributed by atoms with E-state index in [1.165, 1.54) is 5.56 Å². The van der Waals surface area contributed by atoms with Crippen molar-refractivity contribution in [3.8, 4) is 5.75 Å². The van der Waals surface area contributed by atoms with E-state index < -0.39 is 0 Å². The van der Waals surface area contributed by atoms with Crippen molar-refractivity contribution in [3.05, 3.63) is 23.8 Å². The van der Waals surface area contributed by atoms with Crippen LogP contribution in [0, 0.1) is 0 Å². The summed E-state index contributed by atoms with van der Waals surface area (Å²) >= 11 is 0. The molecule has 0 unspecified atom stereocenters. The molecule has 0 saturated heterocycles. The van der Waals surface area contributed by atoms with Gasteiger partial charge < -0.3 is 15.8 Å². The van der Waals surface area contributed by atoms with E-state index in [2.05, 4.69) is 38.2 Å². The van der Waals surface area contributed by atoms with E-state index in [0.29, 0.717) is 0 Å². The standard InChI is InChI=1S/C15H24N2O/c1-14(2,3)11-5-6-13(18-4)12(9-11)17-10-15(16)7-8-15/h5-6,9,17H,7-8,10,16H2,1-4H3. The molecule has 0 heterocycles. The molecule has 1 aliphatic rings. The molecule has 0 amide bonds. The molecule has 1 aromatic carbocycles. The predicted octanol–water partition coefficient (Wildman–Crippen LogP) is 2.90. The second-order valence-electron chi connectivity index (χ2n) is 6.38. The summed E-state index contributed by atoms with van der Waals surface area (Å²) in [5, 5.41) is 3.43. The van der Waals surface area contributed by atoms with Gasteiger partial charge >= 0.3 is 0 Å². The van der Waals surface area contributed by atoms with Crippen molar-refractivity contribution < 1.29 is 4.74 Å². The summed E-state index contributed by atoms with van der Waals surface area (Å²) in [4.78, 5) is 0. The number of hydrogen-bond donors (Lipinski definition) is 2. The normalized spacial score (nSPS) is 17.4. The molecule has 2 rings (SSSR count). The quantitative estimate of drug-likeness (QED) is 0.861. The SMILES string of the molecule is COc1ccc(C(C)(C)C)cc1NCC1(N)CC1. The van der Waals surface area contributed by atoms with Crippen LogP contribution in [-0.2, 0) is 5.41 Å². The molecule has 0 bridgehead atoms. The maximum absolute atomic E-state index is 6.11. The zero-order valence-electron chi connectivity index (χ0n) is 11.8. The van der Waals surface area contributed by atoms with E-state index >= 15 is 0 Å². The monoisotopic (exact) mass is 248 g/mol. The highest BCUT2D eigenvalue weighted by Crippen LogP contribution is 2.35. The number of benzene rings is 1. The van der Waals surface area contributed by atoms with Crippen LogP contribution in [0.25, 0.3) is 0 Å². The van der Waals surface area contributed by atoms with Crippen LogP contribution in [0.4, 0.5) is 5.69 Å². The molecule has 0 spiro atoms. The molecule has 3 nitrogen and oxygen atoms in total. The van der Waals surface area contributed by atoms with E-state index in [-0.39, 0.29) is 11.0 Å². The molecule has 0 atom stereocenters. The highest BCUT2D eigenvalue weighted by molar-refractivity contribution is 5.59. The van der Waals surface area contributed by atoms with Gasteiger partial charge in [-0.25, -0.2) is 0 Å². The number of nitrogens with one attached hydrogen (secondary N) is 1. The molecule has 3 heteroatoms. The molecule has 100 valence electrons. The van der Waals surface area contributed by atoms with Gasteiger partial charge in [0.25, 0.3) is 0 Å². The van der Waals surface area contributed by atoms with Gasteiger partial charge in [-0.05, 0) is 36.0 Å². The van der Waals surface area contributed by atoms with Gasteiger partial charge in [0.1, 0.15) is 5.75 Å². The van der Waals surface area contributed by atoms with E-state index in [1.54, 1.807) is 7.11 Å². The summed E-state index contributed by atoms with van der Waals surface area (Å²) in [6.45, 7) is 7.45. The lowest BCUT2D eigenvalue weighted by Gasteiger charge is -2.22. The molecule has 0 aromatic heterocycles. The van der Waals surface area contributed by atoms with Crippen molar-refractivity contribution in [1.29, 1.82) is 0 Å². The molecule has 0 aliphatic heterocycles. The van der Waals surface area contributed by atoms with Crippen LogP contribution in [0.15, 0.2) is 18.2 Å². The number of ether oxygens (including phenoxy) is 1. The van der Waals surface area contributed by atoms with Gasteiger partial charge in [-0.15, -0.1) is 0 Å². The molecular weight excluding hydrogens is 224 g/mol. The average molecular weight is 248 g/mol. The minimum absolute atomic E-state index is 0.00273. The van der Waals surface area contributed by atoms with Gasteiger partial charge in [-0.2, -0.15) is 0 Å². The fraction of sp³-hybridized carbons (Fsp3) is 0.600. The summed E-state index contributed by atoms with van der Waals surface area (Å²) in [5.41, 5.74) is 8.59. The van der Waals surface area contributed by atoms with Gasteiger partial charge in [0.2, 0.25) is 0 Å². The fourth-order valence-corrected chi connectivity index (χ4v) is 1.92. The fourth-order valence-electron chi connectivity index (χ4n) is 1.92. The first-order valence-electron chi connectivity index (χ1n) is 6.55. The van der Waals surface area contributed by atoms with Gasteiger partial charge in [0, 0.05) is 12.1 Å². The highest BCUT2D eigenvalue weighted by Gasteiger charge is 2.37. The van der Waals surface area contributed by atoms with Crippen LogP contribution in [0.2, 0.25) is 0 Å². The smallest absolute Gasteiger partial charge is 0.141 e. The summed E-state index contributed by atoms with van der Waals surface area (Å²) in [6.07, 6.45) is 2.22. The Morgan fingerprint density at radius 2 is 2.00 bits per heavy atom. The van der Waals surface area contributed by atoms with Gasteiger partial charge in [-0.3, -0.25) is 0 Å². The third kappa shape index (κ3) is 2.96. The number of nitrogens with two attached hydrogens (primary N) is 1. The average Bonchev–Trinajstić information content (AvgIpc) is 3.04. The van der Waals surface area contributed by atoms with Crippen molar-refractivity contribution in [2.24, 2.45) is 5.73 Å². The van der Waals surface area contributed by atoms with Crippen molar-refractivity contribution in [2.45, 2.75) is 44.6 Å². The van der Waals surface area contributed by atoms with Crippen LogP contribution >= 0.6 is 0 Å². The number of rotatable bonds is 4. The minimum Gasteiger partial charge on any atom is -0.495 e. The second kappa shape index (κ2) is 4.47. The summed E-state index contributed by atoms with van der Waals surface area (Å²) in [7, 11) is 1.70. The number of methoxy groups -OCH3 is 1. The maximum Gasteiger partial charge on any atom is 0.141 e. The largest absolute Gasteiger partial charge is 0.495 e. The summed E-state index contributed by atoms with van der Waals surface area (Å²) in [6, 6.07) is 6.32. The molecule has 3 N–H and O–H groups in total. The third-order valence-electron chi connectivity index (χ3n) is 3.59. The van der Waals surface area contributed by atoms with E-state index in [0.717, 1.165) is 30.8 Å². The molecule has 1 saturated carbocycles. The van der Waals surface area contributed by atoms with E-state index in [4.69, 9.17) is 10.5 Å². The topological polar surface area (TPSA) is 47.3 Å². The third-order valence-corrected chi connectivity index (χ3v) is 3.59. The van der Waals surface area contributed by atoms with Crippen LogP contribution in [0.3, 0.4) is 0 Å². The molecule has 1 aliphatic carbocycles. The lowest BCUT2D eigenvalue weighted by molar-refractivity contribution is 0.415. The zero-order valence-corrected chi connectivity index (χ0v) is 11.8. The van der Waals surface area contributed by atoms with E-state index in [9.17, 15) is 0 Å². The lowest BCUT2D eigenvalue weighted by Crippen LogP contribution is -2.31. The Hall–Kier alpha value is -1.22. The Morgan fingerprint density at radius 1 is 1.33 bits per heavy atom. The Kier molecular flexibility index (Phi) is 3.28. The predicted molar refractivity (Wildman–Crippen MR) is 76.3 cm³/mol. The highest BCUT2D eigenvalue weighted by atomic mass is 16.5. The first kappa shape index (κ1) is 13.2. The van der Waals surface area contributed by atoms with E-state index in [1.807, 2.05) is 6.07 Å². The van der Waals surface area contributed by atoms with Crippen molar-refractivity contribution in [3.63, 3.8) is 0 Å². The second-order valence-corrected chi connectivity index (χ2v) is 6.38. The Labute approximate surface area is 110 Å². The van der Waals surface area contributed by atoms with Gasteiger partial charge in [0.05, 0.1) is 12.8 Å². The van der Waals surface area contributed by atoms with Gasteiger partial charge in [0.15, 0.2) is 0 Å². The maximum atomic E-state index is 6.11. The van der Waals surface area contributed by atoms with Crippen molar-refractivity contribution >= 4 is 5.69 Å². The van der Waals surface area contributed by atoms with Crippen LogP contribution in [0.5, 0.6) is 5.75 Å². The van der Waals surface area contributed by atoms with Crippen LogP contribution < -0.4 is 15.8 Å². The number of hydrogen-bond acceptors (Lipinski definition) is 3. The molecule has 0 radical (unpaired) electrons. The number of anilines is 1. The first-order chi connectivity index (χ1) is 8.34. The zero-order chi connectivity index (χ0) is 13.4. The molecule has 1 fully saturated rings.